The molecule has 2 aromatic carbocycles. The summed E-state index contributed by atoms with van der Waals surface area (Å²) in [6.07, 6.45) is 5.78. The fraction of sp³-hybridized carbons (Fsp3) is 0.222. The van der Waals surface area contributed by atoms with Crippen LogP contribution in [0.4, 0.5) is 10.2 Å². The summed E-state index contributed by atoms with van der Waals surface area (Å²) in [5.74, 6) is 0.218. The van der Waals surface area contributed by atoms with Gasteiger partial charge in [0.15, 0.2) is 17.1 Å². The molecule has 9 nitrogen and oxygen atoms in total. The van der Waals surface area contributed by atoms with E-state index in [1.807, 2.05) is 0 Å². The highest BCUT2D eigenvalue weighted by Gasteiger charge is 2.25. The van der Waals surface area contributed by atoms with Crippen molar-refractivity contribution in [1.29, 1.82) is 0 Å². The molecule has 5 aromatic rings. The van der Waals surface area contributed by atoms with E-state index in [2.05, 4.69) is 20.3 Å². The number of carbonyl (C=O) groups is 1. The predicted octanol–water partition coefficient (Wildman–Crippen LogP) is 5.47. The van der Waals surface area contributed by atoms with Gasteiger partial charge >= 0.3 is 0 Å². The number of aromatic amines is 1. The Morgan fingerprint density at radius 3 is 2.89 bits per heavy atom. The minimum absolute atomic E-state index is 0.0130. The third-order valence-electron chi connectivity index (χ3n) is 6.52. The van der Waals surface area contributed by atoms with Crippen LogP contribution in [0.3, 0.4) is 0 Å². The summed E-state index contributed by atoms with van der Waals surface area (Å²) in [5, 5.41) is 13.9. The Balaban J connectivity index is 1.27. The number of aliphatic hydroxyl groups is 1. The fourth-order valence-electron chi connectivity index (χ4n) is 4.61. The standard InChI is InChI=1S/C27H22ClFN4O5/c28-21-9-17(38-22-8-15(29)7-14-5-6-36-25(14)22)3-4-19(21)24(35)20-10-30-26-23(20)27(32-13-31-26)33-16-1-2-18(11-34)37-12-16/h3-10,13,16,18,34H,1-2,11-12H2,(H2,30,31,32,33)/t16-,18+/m1/s1. The van der Waals surface area contributed by atoms with Crippen molar-refractivity contribution in [1.82, 2.24) is 15.0 Å². The molecule has 0 amide bonds. The van der Waals surface area contributed by atoms with Crippen molar-refractivity contribution in [2.75, 3.05) is 18.5 Å². The van der Waals surface area contributed by atoms with E-state index in [-0.39, 0.29) is 40.9 Å². The lowest BCUT2D eigenvalue weighted by molar-refractivity contribution is -0.0224. The number of carbonyl (C=O) groups excluding carboxylic acids is 1. The van der Waals surface area contributed by atoms with E-state index in [4.69, 9.17) is 25.5 Å². The van der Waals surface area contributed by atoms with E-state index < -0.39 is 5.82 Å². The van der Waals surface area contributed by atoms with E-state index in [0.717, 1.165) is 6.42 Å². The molecule has 0 radical (unpaired) electrons. The molecule has 1 aliphatic heterocycles. The van der Waals surface area contributed by atoms with Crippen LogP contribution < -0.4 is 10.1 Å². The summed E-state index contributed by atoms with van der Waals surface area (Å²) < 4.78 is 30.9. The van der Waals surface area contributed by atoms with Crippen molar-refractivity contribution in [3.63, 3.8) is 0 Å². The molecular weight excluding hydrogens is 515 g/mol. The highest BCUT2D eigenvalue weighted by molar-refractivity contribution is 6.35. The van der Waals surface area contributed by atoms with Crippen molar-refractivity contribution in [2.45, 2.75) is 25.0 Å². The molecule has 1 aliphatic rings. The number of ketones is 1. The van der Waals surface area contributed by atoms with Gasteiger partial charge in [-0.25, -0.2) is 14.4 Å². The maximum absolute atomic E-state index is 14.0. The van der Waals surface area contributed by atoms with E-state index in [9.17, 15) is 14.3 Å². The van der Waals surface area contributed by atoms with Crippen molar-refractivity contribution in [3.8, 4) is 11.5 Å². The Labute approximate surface area is 220 Å². The Morgan fingerprint density at radius 1 is 1.21 bits per heavy atom. The maximum atomic E-state index is 14.0. The molecule has 2 atom stereocenters. The van der Waals surface area contributed by atoms with Crippen LogP contribution in [0.25, 0.3) is 22.0 Å². The van der Waals surface area contributed by atoms with Gasteiger partial charge in [-0.15, -0.1) is 0 Å². The van der Waals surface area contributed by atoms with Gasteiger partial charge < -0.3 is 29.3 Å². The molecule has 1 fully saturated rings. The lowest BCUT2D eigenvalue weighted by atomic mass is 10.0. The van der Waals surface area contributed by atoms with Gasteiger partial charge in [0.05, 0.1) is 47.6 Å². The summed E-state index contributed by atoms with van der Waals surface area (Å²) in [4.78, 5) is 25.2. The molecule has 11 heteroatoms. The molecule has 3 N–H and O–H groups in total. The van der Waals surface area contributed by atoms with Crippen LogP contribution in [0, 0.1) is 5.82 Å². The Bertz CT molecular complexity index is 1640. The first-order chi connectivity index (χ1) is 18.5. The van der Waals surface area contributed by atoms with Gasteiger partial charge in [0, 0.05) is 29.3 Å². The Hall–Kier alpha value is -3.99. The van der Waals surface area contributed by atoms with Gasteiger partial charge in [0.25, 0.3) is 0 Å². The highest BCUT2D eigenvalue weighted by Crippen LogP contribution is 2.35. The quantitative estimate of drug-likeness (QED) is 0.234. The summed E-state index contributed by atoms with van der Waals surface area (Å²) in [5.41, 5.74) is 1.51. The van der Waals surface area contributed by atoms with Gasteiger partial charge in [0.1, 0.15) is 29.4 Å². The van der Waals surface area contributed by atoms with Crippen LogP contribution in [0.2, 0.25) is 5.02 Å². The topological polar surface area (TPSA) is 123 Å². The van der Waals surface area contributed by atoms with Crippen LogP contribution >= 0.6 is 11.6 Å². The van der Waals surface area contributed by atoms with Gasteiger partial charge in [-0.05, 0) is 37.1 Å². The first kappa shape index (κ1) is 24.4. The molecule has 6 rings (SSSR count). The Morgan fingerprint density at radius 2 is 2.11 bits per heavy atom. The normalized spacial score (nSPS) is 17.7. The zero-order valence-corrected chi connectivity index (χ0v) is 20.7. The first-order valence-corrected chi connectivity index (χ1v) is 12.4. The third-order valence-corrected chi connectivity index (χ3v) is 6.84. The molecule has 0 spiro atoms. The van der Waals surface area contributed by atoms with Gasteiger partial charge in [0.2, 0.25) is 0 Å². The van der Waals surface area contributed by atoms with Crippen LogP contribution in [-0.4, -0.2) is 51.2 Å². The molecule has 38 heavy (non-hydrogen) atoms. The van der Waals surface area contributed by atoms with Crippen molar-refractivity contribution in [3.05, 3.63) is 77.2 Å². The number of aliphatic hydroxyl groups excluding tert-OH is 1. The zero-order chi connectivity index (χ0) is 26.2. The number of benzene rings is 2. The molecule has 3 aromatic heterocycles. The van der Waals surface area contributed by atoms with E-state index in [0.29, 0.717) is 52.2 Å². The molecule has 1 saturated heterocycles. The zero-order valence-electron chi connectivity index (χ0n) is 19.9. The summed E-state index contributed by atoms with van der Waals surface area (Å²) in [6.45, 7) is 0.397. The molecular formula is C27H22ClFN4O5. The second kappa shape index (κ2) is 10.1. The van der Waals surface area contributed by atoms with Crippen LogP contribution in [0.15, 0.2) is 59.6 Å². The average molecular weight is 537 g/mol. The SMILES string of the molecule is O=C(c1ccc(Oc2cc(F)cc3ccoc23)cc1Cl)c1c[nH]c2ncnc(N[C@@H]3CC[C@@H](CO)OC3)c12. The van der Waals surface area contributed by atoms with Crippen LogP contribution in [-0.2, 0) is 4.74 Å². The minimum Gasteiger partial charge on any atom is -0.460 e. The lowest BCUT2D eigenvalue weighted by Crippen LogP contribution is -2.36. The van der Waals surface area contributed by atoms with Crippen LogP contribution in [0.1, 0.15) is 28.8 Å². The van der Waals surface area contributed by atoms with Gasteiger partial charge in [-0.3, -0.25) is 4.79 Å². The molecule has 0 aliphatic carbocycles. The van der Waals surface area contributed by atoms with Crippen molar-refractivity contribution >= 4 is 45.2 Å². The van der Waals surface area contributed by atoms with Crippen LogP contribution in [0.5, 0.6) is 11.5 Å². The number of halogens is 2. The average Bonchev–Trinajstić information content (AvgIpc) is 3.57. The number of fused-ring (bicyclic) bond motifs is 2. The smallest absolute Gasteiger partial charge is 0.196 e. The molecule has 0 saturated carbocycles. The first-order valence-electron chi connectivity index (χ1n) is 12.0. The van der Waals surface area contributed by atoms with E-state index in [1.165, 1.54) is 30.8 Å². The Kier molecular flexibility index (Phi) is 6.44. The number of nitrogens with one attached hydrogen (secondary N) is 2. The van der Waals surface area contributed by atoms with Crippen molar-refractivity contribution in [2.24, 2.45) is 0 Å². The van der Waals surface area contributed by atoms with Gasteiger partial charge in [-0.2, -0.15) is 0 Å². The summed E-state index contributed by atoms with van der Waals surface area (Å²) in [6, 6.07) is 8.81. The number of nitrogens with zero attached hydrogens (tertiary/aromatic N) is 2. The number of anilines is 1. The predicted molar refractivity (Wildman–Crippen MR) is 138 cm³/mol. The fourth-order valence-corrected chi connectivity index (χ4v) is 4.87. The van der Waals surface area contributed by atoms with Crippen molar-refractivity contribution < 1.29 is 28.2 Å². The summed E-state index contributed by atoms with van der Waals surface area (Å²) in [7, 11) is 0. The number of ether oxygens (including phenoxy) is 2. The number of aromatic nitrogens is 3. The molecule has 0 unspecified atom stereocenters. The number of hydrogen-bond acceptors (Lipinski definition) is 8. The van der Waals surface area contributed by atoms with E-state index in [1.54, 1.807) is 24.4 Å². The number of rotatable bonds is 7. The number of hydrogen-bond donors (Lipinski definition) is 3. The summed E-state index contributed by atoms with van der Waals surface area (Å²) >= 11 is 6.52. The second-order valence-corrected chi connectivity index (χ2v) is 9.43. The second-order valence-electron chi connectivity index (χ2n) is 9.02. The van der Waals surface area contributed by atoms with Gasteiger partial charge in [-0.1, -0.05) is 11.6 Å². The maximum Gasteiger partial charge on any atom is 0.196 e. The monoisotopic (exact) mass is 536 g/mol. The molecule has 194 valence electrons. The lowest BCUT2D eigenvalue weighted by Gasteiger charge is -2.29. The number of H-pyrrole nitrogens is 1. The largest absolute Gasteiger partial charge is 0.460 e. The molecule has 0 bridgehead atoms. The third kappa shape index (κ3) is 4.58. The van der Waals surface area contributed by atoms with E-state index >= 15 is 0 Å². The number of furan rings is 1. The highest BCUT2D eigenvalue weighted by atomic mass is 35.5. The minimum atomic E-state index is -0.467. The molecule has 4 heterocycles.